The van der Waals surface area contributed by atoms with Gasteiger partial charge in [0.2, 0.25) is 5.91 Å². The van der Waals surface area contributed by atoms with Crippen molar-refractivity contribution in [1.82, 2.24) is 5.32 Å². The number of carbonyl (C=O) groups excluding carboxylic acids is 3. The zero-order valence-electron chi connectivity index (χ0n) is 22.3. The second-order valence-electron chi connectivity index (χ2n) is 9.16. The van der Waals surface area contributed by atoms with Gasteiger partial charge in [0.05, 0.1) is 15.8 Å². The Balaban J connectivity index is 1.48. The number of rotatable bonds is 9. The smallest absolute Gasteiger partial charge is 0.272 e. The zero-order valence-corrected chi connectivity index (χ0v) is 24.7. The van der Waals surface area contributed by atoms with Gasteiger partial charge in [0.1, 0.15) is 5.70 Å². The molecule has 0 atom stereocenters. The highest BCUT2D eigenvalue weighted by molar-refractivity contribution is 8.00. The van der Waals surface area contributed by atoms with Gasteiger partial charge >= 0.3 is 0 Å². The van der Waals surface area contributed by atoms with Crippen LogP contribution in [0.25, 0.3) is 6.08 Å². The second-order valence-corrected chi connectivity index (χ2v) is 11.0. The first-order chi connectivity index (χ1) is 19.7. The van der Waals surface area contributed by atoms with Gasteiger partial charge in [-0.05, 0) is 79.1 Å². The van der Waals surface area contributed by atoms with Crippen molar-refractivity contribution in [2.75, 3.05) is 16.4 Å². The zero-order chi connectivity index (χ0) is 29.4. The summed E-state index contributed by atoms with van der Waals surface area (Å²) >= 11 is 13.8. The molecule has 0 aliphatic carbocycles. The molecule has 4 rings (SSSR count). The summed E-state index contributed by atoms with van der Waals surface area (Å²) in [5.41, 5.74) is 4.17. The lowest BCUT2D eigenvalue weighted by Crippen LogP contribution is -2.30. The van der Waals surface area contributed by atoms with E-state index in [1.54, 1.807) is 66.7 Å². The maximum absolute atomic E-state index is 13.4. The fourth-order valence-corrected chi connectivity index (χ4v) is 4.92. The lowest BCUT2D eigenvalue weighted by atomic mass is 10.1. The third-order valence-corrected chi connectivity index (χ3v) is 7.77. The number of thioether (sulfide) groups is 1. The van der Waals surface area contributed by atoms with E-state index in [0.717, 1.165) is 21.7 Å². The fourth-order valence-electron chi connectivity index (χ4n) is 3.80. The van der Waals surface area contributed by atoms with Gasteiger partial charge in [0.25, 0.3) is 11.8 Å². The predicted octanol–water partition coefficient (Wildman–Crippen LogP) is 7.75. The van der Waals surface area contributed by atoms with Crippen molar-refractivity contribution in [1.29, 1.82) is 0 Å². The minimum absolute atomic E-state index is 0.0195. The number of nitrogens with one attached hydrogen (secondary N) is 3. The topological polar surface area (TPSA) is 87.3 Å². The number of aryl methyl sites for hydroxylation is 2. The van der Waals surface area contributed by atoms with E-state index in [-0.39, 0.29) is 22.4 Å². The molecule has 4 aromatic rings. The summed E-state index contributed by atoms with van der Waals surface area (Å²) in [5.74, 6) is -0.953. The quantitative estimate of drug-likeness (QED) is 0.135. The minimum Gasteiger partial charge on any atom is -0.325 e. The van der Waals surface area contributed by atoms with Crippen LogP contribution < -0.4 is 16.0 Å². The molecule has 0 heterocycles. The van der Waals surface area contributed by atoms with Crippen LogP contribution in [0, 0.1) is 13.8 Å². The number of carbonyl (C=O) groups is 3. The van der Waals surface area contributed by atoms with Crippen LogP contribution in [0.5, 0.6) is 0 Å². The number of benzene rings is 4. The molecule has 0 spiro atoms. The van der Waals surface area contributed by atoms with Gasteiger partial charge in [0, 0.05) is 21.8 Å². The maximum atomic E-state index is 13.4. The third kappa shape index (κ3) is 8.47. The molecule has 3 N–H and O–H groups in total. The predicted molar refractivity (Wildman–Crippen MR) is 169 cm³/mol. The Labute approximate surface area is 253 Å². The maximum Gasteiger partial charge on any atom is 0.272 e. The monoisotopic (exact) mass is 603 g/mol. The molecule has 0 fully saturated rings. The molecule has 4 aromatic carbocycles. The van der Waals surface area contributed by atoms with E-state index in [9.17, 15) is 14.4 Å². The first kappa shape index (κ1) is 29.9. The van der Waals surface area contributed by atoms with E-state index in [0.29, 0.717) is 21.8 Å². The molecule has 0 radical (unpaired) electrons. The number of hydrogen-bond donors (Lipinski definition) is 3. The van der Waals surface area contributed by atoms with Gasteiger partial charge < -0.3 is 16.0 Å². The van der Waals surface area contributed by atoms with Crippen molar-refractivity contribution >= 4 is 70.1 Å². The molecule has 6 nitrogen and oxygen atoms in total. The van der Waals surface area contributed by atoms with E-state index in [1.165, 1.54) is 17.8 Å². The first-order valence-electron chi connectivity index (χ1n) is 12.6. The number of hydrogen-bond acceptors (Lipinski definition) is 4. The van der Waals surface area contributed by atoms with Crippen molar-refractivity contribution < 1.29 is 14.4 Å². The Bertz CT molecular complexity index is 1620. The first-order valence-corrected chi connectivity index (χ1v) is 14.4. The van der Waals surface area contributed by atoms with E-state index < -0.39 is 11.8 Å². The Morgan fingerprint density at radius 2 is 1.59 bits per heavy atom. The Morgan fingerprint density at radius 1 is 0.829 bits per heavy atom. The summed E-state index contributed by atoms with van der Waals surface area (Å²) in [5, 5.41) is 9.03. The van der Waals surface area contributed by atoms with Crippen LogP contribution in [0.4, 0.5) is 11.4 Å². The standard InChI is InChI=1S/C32H27Cl2N3O3S/c1-20-14-15-21(2)27(16-20)36-29(38)19-41-25-12-7-11-24(18-25)35-32(40)28(17-23-10-6-13-26(33)30(23)34)37-31(39)22-8-4-3-5-9-22/h3-18H,19H2,1-2H3,(H,35,40)(H,36,38)(H,37,39)/b28-17+. The minimum atomic E-state index is -0.555. The highest BCUT2D eigenvalue weighted by Gasteiger charge is 2.17. The summed E-state index contributed by atoms with van der Waals surface area (Å²) in [7, 11) is 0. The SMILES string of the molecule is Cc1ccc(C)c(NC(=O)CSc2cccc(NC(=O)/C(=C\c3cccc(Cl)c3Cl)NC(=O)c3ccccc3)c2)c1. The number of anilines is 2. The lowest BCUT2D eigenvalue weighted by molar-refractivity contribution is -0.114. The van der Waals surface area contributed by atoms with Crippen LogP contribution in [0.3, 0.4) is 0 Å². The highest BCUT2D eigenvalue weighted by Crippen LogP contribution is 2.28. The van der Waals surface area contributed by atoms with Gasteiger partial charge in [-0.25, -0.2) is 0 Å². The lowest BCUT2D eigenvalue weighted by Gasteiger charge is -2.13. The largest absolute Gasteiger partial charge is 0.325 e. The Hall–Kier alpha value is -4.04. The third-order valence-electron chi connectivity index (χ3n) is 5.94. The van der Waals surface area contributed by atoms with Gasteiger partial charge in [0.15, 0.2) is 0 Å². The van der Waals surface area contributed by atoms with Crippen molar-refractivity contribution in [3.63, 3.8) is 0 Å². The van der Waals surface area contributed by atoms with Crippen LogP contribution in [-0.4, -0.2) is 23.5 Å². The van der Waals surface area contributed by atoms with Crippen LogP contribution in [0.15, 0.2) is 102 Å². The Morgan fingerprint density at radius 3 is 2.37 bits per heavy atom. The highest BCUT2D eigenvalue weighted by atomic mass is 35.5. The molecule has 0 unspecified atom stereocenters. The van der Waals surface area contributed by atoms with Gasteiger partial charge in [-0.1, -0.05) is 71.7 Å². The van der Waals surface area contributed by atoms with E-state index in [1.807, 2.05) is 38.1 Å². The molecule has 208 valence electrons. The molecule has 41 heavy (non-hydrogen) atoms. The number of halogens is 2. The average molecular weight is 605 g/mol. The molecule has 3 amide bonds. The summed E-state index contributed by atoms with van der Waals surface area (Å²) in [6.07, 6.45) is 1.47. The van der Waals surface area contributed by atoms with Crippen LogP contribution in [-0.2, 0) is 9.59 Å². The van der Waals surface area contributed by atoms with Crippen molar-refractivity contribution in [3.05, 3.63) is 129 Å². The molecule has 0 aliphatic heterocycles. The molecular formula is C32H27Cl2N3O3S. The van der Waals surface area contributed by atoms with Crippen LogP contribution in [0.1, 0.15) is 27.0 Å². The Kier molecular flexibility index (Phi) is 10.2. The molecule has 0 saturated carbocycles. The molecule has 9 heteroatoms. The van der Waals surface area contributed by atoms with E-state index in [4.69, 9.17) is 23.2 Å². The molecule has 0 aliphatic rings. The molecular weight excluding hydrogens is 577 g/mol. The summed E-state index contributed by atoms with van der Waals surface area (Å²) < 4.78 is 0. The van der Waals surface area contributed by atoms with Crippen molar-refractivity contribution in [3.8, 4) is 0 Å². The molecule has 0 bridgehead atoms. The number of amides is 3. The van der Waals surface area contributed by atoms with E-state index in [2.05, 4.69) is 16.0 Å². The van der Waals surface area contributed by atoms with Gasteiger partial charge in [-0.3, -0.25) is 14.4 Å². The van der Waals surface area contributed by atoms with Gasteiger partial charge in [-0.15, -0.1) is 11.8 Å². The molecule has 0 saturated heterocycles. The molecule has 0 aromatic heterocycles. The van der Waals surface area contributed by atoms with Crippen LogP contribution >= 0.6 is 35.0 Å². The van der Waals surface area contributed by atoms with Gasteiger partial charge in [-0.2, -0.15) is 0 Å². The fraction of sp³-hybridized carbons (Fsp3) is 0.0938. The average Bonchev–Trinajstić information content (AvgIpc) is 2.96. The summed E-state index contributed by atoms with van der Waals surface area (Å²) in [4.78, 5) is 39.6. The summed E-state index contributed by atoms with van der Waals surface area (Å²) in [6.45, 7) is 3.92. The van der Waals surface area contributed by atoms with E-state index >= 15 is 0 Å². The second kappa shape index (κ2) is 14.0. The van der Waals surface area contributed by atoms with Crippen LogP contribution in [0.2, 0.25) is 10.0 Å². The normalized spacial score (nSPS) is 11.1. The van der Waals surface area contributed by atoms with Crippen molar-refractivity contribution in [2.45, 2.75) is 18.7 Å². The summed E-state index contributed by atoms with van der Waals surface area (Å²) in [6, 6.07) is 26.6. The van der Waals surface area contributed by atoms with Crippen molar-refractivity contribution in [2.24, 2.45) is 0 Å².